The molecule has 2 rings (SSSR count). The Morgan fingerprint density at radius 3 is 2.27 bits per heavy atom. The Hall–Kier alpha value is -2.92. The maximum atomic E-state index is 12.6. The minimum atomic E-state index is -1.23. The van der Waals surface area contributed by atoms with Crippen LogP contribution in [0.15, 0.2) is 25.3 Å². The second-order valence-electron chi connectivity index (χ2n) is 7.10. The number of fused-ring (bicyclic) bond motifs is 1. The molecule has 0 spiro atoms. The second kappa shape index (κ2) is 7.14. The average molecular weight is 355 g/mol. The van der Waals surface area contributed by atoms with Gasteiger partial charge >= 0.3 is 10.8 Å². The maximum absolute atomic E-state index is 12.6. The molecule has 1 aromatic heterocycles. The quantitative estimate of drug-likeness (QED) is 0.500. The third-order valence-corrected chi connectivity index (χ3v) is 4.42. The average Bonchev–Trinajstić information content (AvgIpc) is 2.54. The Morgan fingerprint density at radius 1 is 1.12 bits per heavy atom. The molecule has 7 heteroatoms. The number of nitrogens with one attached hydrogen (secondary N) is 1. The highest BCUT2D eigenvalue weighted by molar-refractivity contribution is 5.92. The molecule has 0 bridgehead atoms. The number of hydrogen-bond acceptors (Lipinski definition) is 4. The summed E-state index contributed by atoms with van der Waals surface area (Å²) in [5.74, 6) is 0.656. The summed E-state index contributed by atoms with van der Waals surface area (Å²) >= 11 is 0. The first-order valence-corrected chi connectivity index (χ1v) is 8.41. The molecule has 26 heavy (non-hydrogen) atoms. The van der Waals surface area contributed by atoms with Gasteiger partial charge in [-0.25, -0.2) is 0 Å². The summed E-state index contributed by atoms with van der Waals surface area (Å²) in [5, 5.41) is -0.928. The van der Waals surface area contributed by atoms with Crippen molar-refractivity contribution in [2.45, 2.75) is 41.0 Å². The molecule has 1 aromatic carbocycles. The lowest BCUT2D eigenvalue weighted by atomic mass is 9.92. The van der Waals surface area contributed by atoms with E-state index in [1.807, 2.05) is 13.0 Å². The smallest absolute Gasteiger partial charge is 0.360 e. The molecule has 0 radical (unpaired) electrons. The lowest BCUT2D eigenvalue weighted by molar-refractivity contribution is -0.0681. The van der Waals surface area contributed by atoms with Crippen molar-refractivity contribution in [2.75, 3.05) is 0 Å². The highest BCUT2D eigenvalue weighted by Gasteiger charge is 2.22. The van der Waals surface area contributed by atoms with Gasteiger partial charge in [0.2, 0.25) is 0 Å². The van der Waals surface area contributed by atoms with E-state index in [-0.39, 0.29) is 22.4 Å². The normalized spacial score (nSPS) is 13.2. The van der Waals surface area contributed by atoms with Crippen molar-refractivity contribution >= 4 is 16.5 Å². The van der Waals surface area contributed by atoms with E-state index in [2.05, 4.69) is 23.6 Å². The number of aromatic nitrogens is 1. The topological polar surface area (TPSA) is 120 Å². The molecular weight excluding hydrogens is 334 g/mol. The number of aromatic amines is 1. The van der Waals surface area contributed by atoms with E-state index < -0.39 is 27.2 Å². The molecule has 136 valence electrons. The molecule has 0 fully saturated rings. The van der Waals surface area contributed by atoms with Crippen LogP contribution in [0.4, 0.5) is 0 Å². The van der Waals surface area contributed by atoms with Gasteiger partial charge in [0.25, 0.3) is 16.4 Å². The maximum Gasteiger partial charge on any atom is 0.413 e. The first-order chi connectivity index (χ1) is 12.1. The Morgan fingerprint density at radius 2 is 1.73 bits per heavy atom. The molecule has 0 saturated carbocycles. The SMILES string of the molecule is C/C(=C/C(C)CC(C)C)c1c(C)c(=O)[nH]c2c(=O)c(=O)c(=[N+]=[N-])c(=O)c12. The molecule has 7 nitrogen and oxygen atoms in total. The highest BCUT2D eigenvalue weighted by atomic mass is 16.2. The Labute approximate surface area is 149 Å². The van der Waals surface area contributed by atoms with Crippen LogP contribution in [0.3, 0.4) is 0 Å². The minimum absolute atomic E-state index is 0.0926. The van der Waals surface area contributed by atoms with Crippen molar-refractivity contribution in [1.29, 1.82) is 0 Å². The van der Waals surface area contributed by atoms with Gasteiger partial charge in [-0.1, -0.05) is 26.8 Å². The van der Waals surface area contributed by atoms with E-state index in [0.717, 1.165) is 6.42 Å². The van der Waals surface area contributed by atoms with Gasteiger partial charge < -0.3 is 10.5 Å². The van der Waals surface area contributed by atoms with Crippen LogP contribution < -0.4 is 27.2 Å². The molecule has 0 saturated heterocycles. The summed E-state index contributed by atoms with van der Waals surface area (Å²) in [6.07, 6.45) is 2.85. The number of pyridine rings is 1. The van der Waals surface area contributed by atoms with E-state index >= 15 is 0 Å². The van der Waals surface area contributed by atoms with Crippen molar-refractivity contribution in [3.8, 4) is 0 Å². The standard InChI is InChI=1S/C19H21N3O4/c1-8(2)6-9(3)7-10(4)12-11(5)19(26)21-14-13(12)16(23)15(22-20)18(25)17(14)24/h7-9H,6H2,1-5H3,(H,21,26)/b10-7-. The van der Waals surface area contributed by atoms with E-state index in [1.54, 1.807) is 13.8 Å². The molecule has 0 aliphatic heterocycles. The fourth-order valence-electron chi connectivity index (χ4n) is 3.44. The van der Waals surface area contributed by atoms with Crippen LogP contribution in [0.2, 0.25) is 0 Å². The molecule has 0 aliphatic carbocycles. The first kappa shape index (κ1) is 19.4. The highest BCUT2D eigenvalue weighted by Crippen LogP contribution is 2.24. The van der Waals surface area contributed by atoms with Crippen molar-refractivity contribution in [2.24, 2.45) is 11.8 Å². The number of H-pyrrole nitrogens is 1. The number of allylic oxidation sites excluding steroid dienone is 2. The summed E-state index contributed by atoms with van der Waals surface area (Å²) in [4.78, 5) is 54.1. The second-order valence-corrected chi connectivity index (χ2v) is 7.10. The molecule has 1 atom stereocenters. The summed E-state index contributed by atoms with van der Waals surface area (Å²) < 4.78 is 0. The van der Waals surface area contributed by atoms with E-state index in [0.29, 0.717) is 17.1 Å². The molecule has 1 N–H and O–H groups in total. The zero-order valence-corrected chi connectivity index (χ0v) is 15.5. The molecular formula is C19H21N3O4. The summed E-state index contributed by atoms with van der Waals surface area (Å²) in [6.45, 7) is 9.51. The van der Waals surface area contributed by atoms with E-state index in [9.17, 15) is 19.2 Å². The third kappa shape index (κ3) is 3.26. The molecule has 0 amide bonds. The fraction of sp³-hybridized carbons (Fsp3) is 0.421. The lowest BCUT2D eigenvalue weighted by Crippen LogP contribution is -2.49. The van der Waals surface area contributed by atoms with Crippen LogP contribution in [0.25, 0.3) is 22.0 Å². The number of hydrogen-bond donors (Lipinski definition) is 1. The van der Waals surface area contributed by atoms with Crippen LogP contribution in [-0.4, -0.2) is 9.77 Å². The third-order valence-electron chi connectivity index (χ3n) is 4.42. The van der Waals surface area contributed by atoms with Gasteiger partial charge in [-0.3, -0.25) is 19.2 Å². The van der Waals surface area contributed by atoms with Gasteiger partial charge in [0.05, 0.1) is 5.39 Å². The predicted molar refractivity (Wildman–Crippen MR) is 99.5 cm³/mol. The number of benzene rings is 1. The van der Waals surface area contributed by atoms with Crippen LogP contribution >= 0.6 is 0 Å². The van der Waals surface area contributed by atoms with Gasteiger partial charge in [0.15, 0.2) is 0 Å². The van der Waals surface area contributed by atoms with Crippen molar-refractivity contribution in [1.82, 2.24) is 4.98 Å². The van der Waals surface area contributed by atoms with Crippen molar-refractivity contribution in [3.05, 3.63) is 69.1 Å². The monoisotopic (exact) mass is 355 g/mol. The van der Waals surface area contributed by atoms with Crippen LogP contribution in [0.5, 0.6) is 0 Å². The number of nitrogens with zero attached hydrogens (tertiary/aromatic N) is 2. The number of rotatable bonds is 4. The molecule has 1 heterocycles. The lowest BCUT2D eigenvalue weighted by Gasteiger charge is -2.13. The van der Waals surface area contributed by atoms with Crippen LogP contribution in [0, 0.1) is 18.8 Å². The van der Waals surface area contributed by atoms with E-state index in [4.69, 9.17) is 5.53 Å². The van der Waals surface area contributed by atoms with Crippen molar-refractivity contribution < 1.29 is 4.79 Å². The first-order valence-electron chi connectivity index (χ1n) is 8.41. The zero-order chi connectivity index (χ0) is 19.8. The fourth-order valence-corrected chi connectivity index (χ4v) is 3.44. The van der Waals surface area contributed by atoms with Gasteiger partial charge in [0, 0.05) is 5.56 Å². The van der Waals surface area contributed by atoms with E-state index in [1.165, 1.54) is 0 Å². The predicted octanol–water partition coefficient (Wildman–Crippen LogP) is 1.01. The van der Waals surface area contributed by atoms with Crippen LogP contribution in [-0.2, 0) is 0 Å². The van der Waals surface area contributed by atoms with Crippen molar-refractivity contribution in [3.63, 3.8) is 0 Å². The largest absolute Gasteiger partial charge is 0.413 e. The van der Waals surface area contributed by atoms with Gasteiger partial charge in [-0.15, -0.1) is 0 Å². The molecule has 0 aliphatic rings. The zero-order valence-electron chi connectivity index (χ0n) is 15.5. The van der Waals surface area contributed by atoms with Crippen LogP contribution in [0.1, 0.15) is 45.2 Å². The Kier molecular flexibility index (Phi) is 5.33. The summed E-state index contributed by atoms with van der Waals surface area (Å²) in [7, 11) is 0. The Balaban J connectivity index is 3.04. The molecule has 1 unspecified atom stereocenters. The van der Waals surface area contributed by atoms with Gasteiger partial charge in [-0.05, 0) is 43.2 Å². The van der Waals surface area contributed by atoms with Gasteiger partial charge in [-0.2, -0.15) is 4.79 Å². The summed E-state index contributed by atoms with van der Waals surface area (Å²) in [6, 6.07) is 0. The minimum Gasteiger partial charge on any atom is -0.360 e. The summed E-state index contributed by atoms with van der Waals surface area (Å²) in [5.41, 5.74) is 6.17. The van der Waals surface area contributed by atoms with Gasteiger partial charge in [0.1, 0.15) is 5.52 Å². The Bertz CT molecular complexity index is 1210. The molecule has 2 aromatic rings.